The quantitative estimate of drug-likeness (QED) is 0.232. The molecule has 0 unspecified atom stereocenters. The van der Waals surface area contributed by atoms with Crippen LogP contribution in [0.3, 0.4) is 0 Å². The van der Waals surface area contributed by atoms with E-state index in [1.807, 2.05) is 65.6 Å². The number of hydrazone groups is 1. The van der Waals surface area contributed by atoms with Crippen LogP contribution in [0.25, 0.3) is 10.8 Å². The maximum atomic E-state index is 13.3. The van der Waals surface area contributed by atoms with Gasteiger partial charge in [0.15, 0.2) is 0 Å². The maximum absolute atomic E-state index is 13.3. The van der Waals surface area contributed by atoms with Crippen LogP contribution in [0.4, 0.5) is 5.69 Å². The molecule has 1 aliphatic heterocycles. The molecule has 1 aliphatic rings. The average molecular weight is 481 g/mol. The van der Waals surface area contributed by atoms with Crippen molar-refractivity contribution in [3.63, 3.8) is 0 Å². The van der Waals surface area contributed by atoms with Crippen molar-refractivity contribution in [1.82, 2.24) is 9.91 Å². The minimum Gasteiger partial charge on any atom is -0.508 e. The number of amides is 1. The summed E-state index contributed by atoms with van der Waals surface area (Å²) in [6.45, 7) is 2.37. The number of nitrogens with zero attached hydrogens (tertiary/aromatic N) is 4. The molecule has 1 heterocycles. The fraction of sp³-hybridized carbons (Fsp3) is 0.143. The van der Waals surface area contributed by atoms with E-state index in [1.54, 1.807) is 25.1 Å². The number of benzene rings is 4. The second kappa shape index (κ2) is 9.59. The minimum absolute atomic E-state index is 0.0172. The number of rotatable bonds is 6. The molecule has 1 amide bonds. The van der Waals surface area contributed by atoms with Crippen molar-refractivity contribution in [3.8, 4) is 5.75 Å². The molecule has 36 heavy (non-hydrogen) atoms. The molecule has 180 valence electrons. The Hall–Kier alpha value is -4.56. The third-order valence-corrected chi connectivity index (χ3v) is 6.36. The van der Waals surface area contributed by atoms with E-state index in [0.29, 0.717) is 23.4 Å². The Bertz CT molecular complexity index is 1470. The van der Waals surface area contributed by atoms with Crippen molar-refractivity contribution >= 4 is 28.1 Å². The Morgan fingerprint density at radius 1 is 1.00 bits per heavy atom. The number of nitro groups is 1. The molecular weight excluding hydrogens is 456 g/mol. The highest BCUT2D eigenvalue weighted by Crippen LogP contribution is 2.41. The first-order chi connectivity index (χ1) is 17.4. The molecule has 5 rings (SSSR count). The van der Waals surface area contributed by atoms with Crippen LogP contribution in [-0.2, 0) is 11.3 Å². The highest BCUT2D eigenvalue weighted by molar-refractivity contribution is 6.00. The van der Waals surface area contributed by atoms with E-state index in [-0.39, 0.29) is 23.9 Å². The molecule has 0 aliphatic carbocycles. The number of phenolic OH excluding ortho intramolecular Hbond substituents is 1. The highest BCUT2D eigenvalue weighted by Gasteiger charge is 2.41. The number of hydrogen-bond donors (Lipinski definition) is 1. The van der Waals surface area contributed by atoms with Gasteiger partial charge in [0.25, 0.3) is 11.6 Å². The van der Waals surface area contributed by atoms with Crippen LogP contribution in [0.15, 0.2) is 96.1 Å². The van der Waals surface area contributed by atoms with Crippen LogP contribution in [0.1, 0.15) is 29.8 Å². The number of phenols is 1. The predicted octanol–water partition coefficient (Wildman–Crippen LogP) is 5.22. The number of hydrogen-bond acceptors (Lipinski definition) is 6. The first kappa shape index (κ1) is 23.2. The zero-order valence-corrected chi connectivity index (χ0v) is 19.6. The normalized spacial score (nSPS) is 16.6. The van der Waals surface area contributed by atoms with Crippen LogP contribution in [-0.4, -0.2) is 38.1 Å². The minimum atomic E-state index is -0.642. The molecule has 1 atom stereocenters. The van der Waals surface area contributed by atoms with Gasteiger partial charge >= 0.3 is 0 Å². The lowest BCUT2D eigenvalue weighted by Crippen LogP contribution is -2.29. The number of carbonyl (C=O) groups excluding carboxylic acids is 1. The number of carbonyl (C=O) groups is 1. The molecule has 0 saturated carbocycles. The van der Waals surface area contributed by atoms with Crippen molar-refractivity contribution in [2.24, 2.45) is 5.10 Å². The van der Waals surface area contributed by atoms with Crippen LogP contribution in [0.2, 0.25) is 0 Å². The van der Waals surface area contributed by atoms with Gasteiger partial charge in [-0.1, -0.05) is 60.7 Å². The van der Waals surface area contributed by atoms with Crippen LogP contribution in [0.5, 0.6) is 5.75 Å². The van der Waals surface area contributed by atoms with Gasteiger partial charge in [0.05, 0.1) is 17.2 Å². The van der Waals surface area contributed by atoms with Crippen LogP contribution in [0, 0.1) is 10.1 Å². The first-order valence-electron chi connectivity index (χ1n) is 11.5. The number of non-ortho nitro benzene ring substituents is 1. The summed E-state index contributed by atoms with van der Waals surface area (Å²) < 4.78 is 0. The van der Waals surface area contributed by atoms with Gasteiger partial charge in [-0.25, -0.2) is 5.01 Å². The lowest BCUT2D eigenvalue weighted by Gasteiger charge is -2.29. The molecule has 8 heteroatoms. The largest absolute Gasteiger partial charge is 0.508 e. The van der Waals surface area contributed by atoms with Gasteiger partial charge in [0.2, 0.25) is 0 Å². The Morgan fingerprint density at radius 2 is 1.69 bits per heavy atom. The zero-order valence-electron chi connectivity index (χ0n) is 19.6. The van der Waals surface area contributed by atoms with E-state index < -0.39 is 11.1 Å². The number of aromatic hydroxyl groups is 1. The molecule has 0 aromatic heterocycles. The fourth-order valence-electron chi connectivity index (χ4n) is 4.60. The molecule has 4 aromatic carbocycles. The SMILES string of the molecule is C/C(=N/N1C(=O)CN(Cc2ccccc2)[C@@H]1c1c(O)ccc2ccccc12)c1ccc([N+](=O)[O-])cc1. The number of nitro benzene ring substituents is 1. The Morgan fingerprint density at radius 3 is 2.42 bits per heavy atom. The first-order valence-corrected chi connectivity index (χ1v) is 11.5. The van der Waals surface area contributed by atoms with Crippen molar-refractivity contribution in [2.75, 3.05) is 6.54 Å². The summed E-state index contributed by atoms with van der Waals surface area (Å²) in [6.07, 6.45) is -0.642. The predicted molar refractivity (Wildman–Crippen MR) is 137 cm³/mol. The van der Waals surface area contributed by atoms with Gasteiger partial charge in [-0.05, 0) is 47.0 Å². The summed E-state index contributed by atoms with van der Waals surface area (Å²) in [7, 11) is 0. The molecule has 0 bridgehead atoms. The topological polar surface area (TPSA) is 99.3 Å². The van der Waals surface area contributed by atoms with Gasteiger partial charge in [-0.15, -0.1) is 0 Å². The summed E-state index contributed by atoms with van der Waals surface area (Å²) in [5.41, 5.74) is 2.82. The van der Waals surface area contributed by atoms with Gasteiger partial charge in [-0.2, -0.15) is 5.10 Å². The van der Waals surface area contributed by atoms with Crippen molar-refractivity contribution in [3.05, 3.63) is 118 Å². The smallest absolute Gasteiger partial charge is 0.269 e. The molecular formula is C28H24N4O4. The summed E-state index contributed by atoms with van der Waals surface area (Å²) in [6, 6.07) is 27.1. The molecule has 0 radical (unpaired) electrons. The Kier molecular flexibility index (Phi) is 6.18. The third kappa shape index (κ3) is 4.42. The van der Waals surface area contributed by atoms with Gasteiger partial charge in [0, 0.05) is 24.2 Å². The molecule has 1 saturated heterocycles. The van der Waals surface area contributed by atoms with E-state index >= 15 is 0 Å². The monoisotopic (exact) mass is 480 g/mol. The standard InChI is InChI=1S/C28H24N4O4/c1-19(21-11-14-23(15-12-21)32(35)36)29-31-26(34)18-30(17-20-7-3-2-4-8-20)28(31)27-24-10-6-5-9-22(24)13-16-25(27)33/h2-16,28,33H,17-18H2,1H3/b29-19-/t28-/m0/s1. The lowest BCUT2D eigenvalue weighted by molar-refractivity contribution is -0.384. The Labute approximate surface area is 207 Å². The van der Waals surface area contributed by atoms with Crippen molar-refractivity contribution in [1.29, 1.82) is 0 Å². The molecule has 1 N–H and O–H groups in total. The zero-order chi connectivity index (χ0) is 25.2. The van der Waals surface area contributed by atoms with E-state index in [9.17, 15) is 20.0 Å². The van der Waals surface area contributed by atoms with Gasteiger partial charge < -0.3 is 5.11 Å². The fourth-order valence-corrected chi connectivity index (χ4v) is 4.60. The summed E-state index contributed by atoms with van der Waals surface area (Å²) in [5.74, 6) is -0.121. The van der Waals surface area contributed by atoms with Gasteiger partial charge in [0.1, 0.15) is 11.9 Å². The van der Waals surface area contributed by atoms with Crippen LogP contribution >= 0.6 is 0 Å². The maximum Gasteiger partial charge on any atom is 0.269 e. The third-order valence-electron chi connectivity index (χ3n) is 6.36. The Balaban J connectivity index is 1.61. The van der Waals surface area contributed by atoms with Crippen molar-refractivity contribution < 1.29 is 14.8 Å². The molecule has 4 aromatic rings. The van der Waals surface area contributed by atoms with Crippen LogP contribution < -0.4 is 0 Å². The second-order valence-electron chi connectivity index (χ2n) is 8.71. The van der Waals surface area contributed by atoms with E-state index in [4.69, 9.17) is 0 Å². The number of fused-ring (bicyclic) bond motifs is 1. The van der Waals surface area contributed by atoms with Crippen molar-refractivity contribution in [2.45, 2.75) is 19.6 Å². The lowest BCUT2D eigenvalue weighted by atomic mass is 10.0. The average Bonchev–Trinajstić information content (AvgIpc) is 3.18. The second-order valence-corrected chi connectivity index (χ2v) is 8.71. The highest BCUT2D eigenvalue weighted by atomic mass is 16.6. The summed E-state index contributed by atoms with van der Waals surface area (Å²) >= 11 is 0. The summed E-state index contributed by atoms with van der Waals surface area (Å²) in [4.78, 5) is 25.9. The molecule has 1 fully saturated rings. The van der Waals surface area contributed by atoms with E-state index in [2.05, 4.69) is 5.10 Å². The molecule has 8 nitrogen and oxygen atoms in total. The van der Waals surface area contributed by atoms with Gasteiger partial charge in [-0.3, -0.25) is 19.8 Å². The molecule has 0 spiro atoms. The summed E-state index contributed by atoms with van der Waals surface area (Å²) in [5, 5.41) is 29.9. The van der Waals surface area contributed by atoms with E-state index in [1.165, 1.54) is 17.1 Å². The van der Waals surface area contributed by atoms with E-state index in [0.717, 1.165) is 16.3 Å².